The summed E-state index contributed by atoms with van der Waals surface area (Å²) in [5.74, 6) is -2.35. The maximum Gasteiger partial charge on any atom is 0.183 e. The minimum atomic E-state index is -1.20. The third-order valence-electron chi connectivity index (χ3n) is 2.42. The van der Waals surface area contributed by atoms with Crippen LogP contribution in [0.3, 0.4) is 0 Å². The van der Waals surface area contributed by atoms with E-state index in [2.05, 4.69) is 5.32 Å². The lowest BCUT2D eigenvalue weighted by Gasteiger charge is -2.10. The van der Waals surface area contributed by atoms with Gasteiger partial charge in [-0.05, 0) is 24.3 Å². The number of nitrogens with zero attached hydrogens (tertiary/aromatic N) is 1. The fourth-order valence-electron chi connectivity index (χ4n) is 1.48. The van der Waals surface area contributed by atoms with E-state index in [1.54, 1.807) is 24.3 Å². The number of nitriles is 1. The second-order valence-corrected chi connectivity index (χ2v) is 4.41. The summed E-state index contributed by atoms with van der Waals surface area (Å²) in [6, 6.07) is 8.76. The van der Waals surface area contributed by atoms with E-state index in [0.29, 0.717) is 10.7 Å². The zero-order valence-electron chi connectivity index (χ0n) is 9.35. The quantitative estimate of drug-likeness (QED) is 0.857. The zero-order chi connectivity index (χ0) is 14.0. The molecule has 0 bridgehead atoms. The molecule has 0 aliphatic rings. The van der Waals surface area contributed by atoms with Crippen LogP contribution in [0.25, 0.3) is 0 Å². The van der Waals surface area contributed by atoms with Gasteiger partial charge in [-0.3, -0.25) is 0 Å². The molecule has 0 spiro atoms. The highest BCUT2D eigenvalue weighted by Crippen LogP contribution is 2.33. The van der Waals surface area contributed by atoms with Crippen molar-refractivity contribution in [2.45, 2.75) is 0 Å². The van der Waals surface area contributed by atoms with Gasteiger partial charge < -0.3 is 5.32 Å². The van der Waals surface area contributed by atoms with E-state index in [1.807, 2.05) is 0 Å². The van der Waals surface area contributed by atoms with Gasteiger partial charge in [-0.15, -0.1) is 0 Å². The fraction of sp³-hybridized carbons (Fsp3) is 0. The van der Waals surface area contributed by atoms with Gasteiger partial charge in [0.25, 0.3) is 0 Å². The van der Waals surface area contributed by atoms with Crippen LogP contribution in [-0.2, 0) is 0 Å². The van der Waals surface area contributed by atoms with E-state index in [4.69, 9.17) is 28.5 Å². The first-order valence-electron chi connectivity index (χ1n) is 5.13. The molecule has 0 heterocycles. The van der Waals surface area contributed by atoms with E-state index in [0.717, 1.165) is 0 Å². The van der Waals surface area contributed by atoms with E-state index < -0.39 is 11.6 Å². The molecule has 0 aliphatic heterocycles. The van der Waals surface area contributed by atoms with Gasteiger partial charge in [0.05, 0.1) is 27.0 Å². The molecular formula is C13H6Cl2F2N2. The Morgan fingerprint density at radius 3 is 2.42 bits per heavy atom. The maximum atomic E-state index is 13.7. The first-order chi connectivity index (χ1) is 9.04. The van der Waals surface area contributed by atoms with Crippen molar-refractivity contribution < 1.29 is 8.78 Å². The van der Waals surface area contributed by atoms with Crippen LogP contribution < -0.4 is 5.32 Å². The summed E-state index contributed by atoms with van der Waals surface area (Å²) in [5.41, 5.74) is -0.141. The molecule has 6 heteroatoms. The molecule has 1 N–H and O–H groups in total. The molecule has 0 fully saturated rings. The van der Waals surface area contributed by atoms with Gasteiger partial charge in [-0.25, -0.2) is 8.78 Å². The van der Waals surface area contributed by atoms with Crippen LogP contribution in [0.15, 0.2) is 30.3 Å². The van der Waals surface area contributed by atoms with Crippen molar-refractivity contribution in [3.05, 3.63) is 57.6 Å². The number of anilines is 2. The Hall–Kier alpha value is -1.83. The van der Waals surface area contributed by atoms with E-state index in [9.17, 15) is 8.78 Å². The van der Waals surface area contributed by atoms with Crippen molar-refractivity contribution in [2.75, 3.05) is 5.32 Å². The summed E-state index contributed by atoms with van der Waals surface area (Å²) in [7, 11) is 0. The van der Waals surface area contributed by atoms with Crippen molar-refractivity contribution in [1.82, 2.24) is 0 Å². The standard InChI is InChI=1S/C13H6Cl2F2N2/c14-8-2-1-3-9(11(8)15)19-10-5-4-7(6-18)12(16)13(10)17/h1-5,19H. The lowest BCUT2D eigenvalue weighted by Crippen LogP contribution is -1.99. The van der Waals surface area contributed by atoms with Gasteiger partial charge in [0.15, 0.2) is 11.6 Å². The van der Waals surface area contributed by atoms with Crippen molar-refractivity contribution in [3.8, 4) is 6.07 Å². The molecule has 0 saturated heterocycles. The van der Waals surface area contributed by atoms with Crippen LogP contribution in [0.2, 0.25) is 10.0 Å². The second-order valence-electron chi connectivity index (χ2n) is 3.63. The summed E-state index contributed by atoms with van der Waals surface area (Å²) >= 11 is 11.7. The smallest absolute Gasteiger partial charge is 0.183 e. The molecule has 2 aromatic carbocycles. The predicted molar refractivity (Wildman–Crippen MR) is 70.8 cm³/mol. The monoisotopic (exact) mass is 298 g/mol. The molecule has 0 radical (unpaired) electrons. The average Bonchev–Trinajstić information content (AvgIpc) is 2.40. The van der Waals surface area contributed by atoms with Crippen LogP contribution in [0.5, 0.6) is 0 Å². The van der Waals surface area contributed by atoms with E-state index >= 15 is 0 Å². The first-order valence-corrected chi connectivity index (χ1v) is 5.89. The molecule has 96 valence electrons. The van der Waals surface area contributed by atoms with Crippen LogP contribution in [0.1, 0.15) is 5.56 Å². The maximum absolute atomic E-state index is 13.7. The summed E-state index contributed by atoms with van der Waals surface area (Å²) in [6.45, 7) is 0. The molecule has 0 aliphatic carbocycles. The van der Waals surface area contributed by atoms with Gasteiger partial charge in [0.1, 0.15) is 6.07 Å². The molecule has 0 amide bonds. The highest BCUT2D eigenvalue weighted by atomic mass is 35.5. The molecule has 2 nitrogen and oxygen atoms in total. The van der Waals surface area contributed by atoms with E-state index in [-0.39, 0.29) is 16.3 Å². The normalized spacial score (nSPS) is 10.1. The van der Waals surface area contributed by atoms with Gasteiger partial charge in [-0.1, -0.05) is 29.3 Å². The molecule has 2 rings (SSSR count). The number of benzene rings is 2. The molecule has 2 aromatic rings. The third-order valence-corrected chi connectivity index (χ3v) is 3.24. The van der Waals surface area contributed by atoms with Gasteiger partial charge in [0.2, 0.25) is 0 Å². The number of rotatable bonds is 2. The van der Waals surface area contributed by atoms with Gasteiger partial charge >= 0.3 is 0 Å². The van der Waals surface area contributed by atoms with Crippen LogP contribution in [0.4, 0.5) is 20.2 Å². The van der Waals surface area contributed by atoms with E-state index in [1.165, 1.54) is 12.1 Å². The topological polar surface area (TPSA) is 35.8 Å². The SMILES string of the molecule is N#Cc1ccc(Nc2cccc(Cl)c2Cl)c(F)c1F. The highest BCUT2D eigenvalue weighted by molar-refractivity contribution is 6.43. The lowest BCUT2D eigenvalue weighted by molar-refractivity contribution is 0.509. The number of nitrogens with one attached hydrogen (secondary N) is 1. The summed E-state index contributed by atoms with van der Waals surface area (Å²) in [5, 5.41) is 11.7. The molecule has 0 unspecified atom stereocenters. The Bertz CT molecular complexity index is 681. The Labute approximate surface area is 118 Å². The lowest BCUT2D eigenvalue weighted by atomic mass is 10.2. The van der Waals surface area contributed by atoms with Crippen LogP contribution >= 0.6 is 23.2 Å². The second kappa shape index (κ2) is 5.43. The number of hydrogen-bond donors (Lipinski definition) is 1. The summed E-state index contributed by atoms with van der Waals surface area (Å²) < 4.78 is 27.2. The molecule has 0 atom stereocenters. The first kappa shape index (κ1) is 13.6. The number of hydrogen-bond acceptors (Lipinski definition) is 2. The minimum Gasteiger partial charge on any atom is -0.352 e. The van der Waals surface area contributed by atoms with Crippen molar-refractivity contribution in [2.24, 2.45) is 0 Å². The van der Waals surface area contributed by atoms with Crippen molar-refractivity contribution in [1.29, 1.82) is 5.26 Å². The molecule has 0 saturated carbocycles. The molecule has 0 aromatic heterocycles. The van der Waals surface area contributed by atoms with Crippen molar-refractivity contribution >= 4 is 34.6 Å². The predicted octanol–water partition coefficient (Wildman–Crippen LogP) is 4.89. The van der Waals surface area contributed by atoms with Crippen LogP contribution in [-0.4, -0.2) is 0 Å². The molecular weight excluding hydrogens is 293 g/mol. The van der Waals surface area contributed by atoms with Gasteiger partial charge in [0, 0.05) is 0 Å². The Morgan fingerprint density at radius 2 is 1.74 bits per heavy atom. The third kappa shape index (κ3) is 2.62. The average molecular weight is 299 g/mol. The largest absolute Gasteiger partial charge is 0.352 e. The Balaban J connectivity index is 2.43. The number of halogens is 4. The molecule has 19 heavy (non-hydrogen) atoms. The van der Waals surface area contributed by atoms with Crippen LogP contribution in [0, 0.1) is 23.0 Å². The van der Waals surface area contributed by atoms with Crippen molar-refractivity contribution in [3.63, 3.8) is 0 Å². The highest BCUT2D eigenvalue weighted by Gasteiger charge is 2.14. The summed E-state index contributed by atoms with van der Waals surface area (Å²) in [6.07, 6.45) is 0. The zero-order valence-corrected chi connectivity index (χ0v) is 10.9. The fourth-order valence-corrected chi connectivity index (χ4v) is 1.83. The minimum absolute atomic E-state index is 0.124. The Morgan fingerprint density at radius 1 is 1.00 bits per heavy atom. The Kier molecular flexibility index (Phi) is 3.89. The van der Waals surface area contributed by atoms with Gasteiger partial charge in [-0.2, -0.15) is 5.26 Å². The summed E-state index contributed by atoms with van der Waals surface area (Å²) in [4.78, 5) is 0.